The monoisotopic (exact) mass is 165 g/mol. The molecular weight excluding hydrogens is 154 g/mol. The Labute approximate surface area is 71.1 Å². The summed E-state index contributed by atoms with van der Waals surface area (Å²) in [5.74, 6) is 1.37. The molecule has 1 amide bonds. The number of nitrogens with one attached hydrogen (secondary N) is 1. The first-order chi connectivity index (χ1) is 5.75. The van der Waals surface area contributed by atoms with Crippen molar-refractivity contribution in [2.45, 2.75) is 13.3 Å². The summed E-state index contributed by atoms with van der Waals surface area (Å²) in [6, 6.07) is 0. The van der Waals surface area contributed by atoms with Crippen molar-refractivity contribution in [3.63, 3.8) is 0 Å². The Balaban J connectivity index is 2.23. The van der Waals surface area contributed by atoms with Crippen molar-refractivity contribution in [2.75, 3.05) is 6.61 Å². The predicted molar refractivity (Wildman–Crippen MR) is 44.0 cm³/mol. The fourth-order valence-corrected chi connectivity index (χ4v) is 1.41. The van der Waals surface area contributed by atoms with Crippen molar-refractivity contribution in [1.82, 2.24) is 5.32 Å². The van der Waals surface area contributed by atoms with Gasteiger partial charge in [0.1, 0.15) is 5.76 Å². The normalized spacial score (nSPS) is 27.8. The quantitative estimate of drug-likeness (QED) is 0.580. The van der Waals surface area contributed by atoms with Gasteiger partial charge in [-0.1, -0.05) is 13.0 Å². The Kier molecular flexibility index (Phi) is 1.64. The number of hydrogen-bond donors (Lipinski definition) is 1. The smallest absolute Gasteiger partial charge is 0.262 e. The molecule has 1 unspecified atom stereocenters. The number of carbonyl (C=O) groups excluding carboxylic acids is 1. The van der Waals surface area contributed by atoms with Gasteiger partial charge in [-0.3, -0.25) is 4.79 Å². The van der Waals surface area contributed by atoms with Gasteiger partial charge < -0.3 is 10.1 Å². The lowest BCUT2D eigenvalue weighted by Crippen LogP contribution is -2.33. The molecule has 1 heterocycles. The Morgan fingerprint density at radius 3 is 3.33 bits per heavy atom. The van der Waals surface area contributed by atoms with E-state index in [0.29, 0.717) is 5.92 Å². The molecule has 1 aliphatic carbocycles. The second-order valence-electron chi connectivity index (χ2n) is 3.21. The van der Waals surface area contributed by atoms with Crippen molar-refractivity contribution in [1.29, 1.82) is 0 Å². The summed E-state index contributed by atoms with van der Waals surface area (Å²) >= 11 is 0. The third kappa shape index (κ3) is 1.22. The molecule has 3 heteroatoms. The zero-order valence-corrected chi connectivity index (χ0v) is 6.96. The Morgan fingerprint density at radius 2 is 2.50 bits per heavy atom. The topological polar surface area (TPSA) is 38.3 Å². The first-order valence-electron chi connectivity index (χ1n) is 4.09. The van der Waals surface area contributed by atoms with E-state index in [0.717, 1.165) is 17.9 Å². The Bertz CT molecular complexity index is 278. The molecule has 0 saturated carbocycles. The summed E-state index contributed by atoms with van der Waals surface area (Å²) in [5.41, 5.74) is 0.837. The number of rotatable bonds is 0. The highest BCUT2D eigenvalue weighted by atomic mass is 16.5. The minimum absolute atomic E-state index is 0.0621. The molecule has 0 radical (unpaired) electrons. The van der Waals surface area contributed by atoms with Gasteiger partial charge in [-0.2, -0.15) is 0 Å². The summed E-state index contributed by atoms with van der Waals surface area (Å²) in [5, 5.41) is 2.77. The standard InChI is InChI=1S/C9H11NO2/c1-6-2-3-7-8(4-6)12-5-9(11)10-7/h2-3,6H,4-5H2,1H3,(H,10,11). The van der Waals surface area contributed by atoms with Gasteiger partial charge in [0.15, 0.2) is 6.61 Å². The number of allylic oxidation sites excluding steroid dienone is 3. The van der Waals surface area contributed by atoms with Crippen LogP contribution in [0, 0.1) is 5.92 Å². The lowest BCUT2D eigenvalue weighted by atomic mass is 9.99. The van der Waals surface area contributed by atoms with Crippen LogP contribution in [0.25, 0.3) is 0 Å². The molecular formula is C9H11NO2. The fraction of sp³-hybridized carbons (Fsp3) is 0.444. The van der Waals surface area contributed by atoms with E-state index in [1.54, 1.807) is 0 Å². The predicted octanol–water partition coefficient (Wildman–Crippen LogP) is 0.940. The van der Waals surface area contributed by atoms with Crippen LogP contribution in [0.15, 0.2) is 23.6 Å². The van der Waals surface area contributed by atoms with Gasteiger partial charge >= 0.3 is 0 Å². The first kappa shape index (κ1) is 7.40. The third-order valence-electron chi connectivity index (χ3n) is 2.05. The molecule has 1 atom stereocenters. The maximum atomic E-state index is 10.9. The summed E-state index contributed by atoms with van der Waals surface area (Å²) in [6.45, 7) is 2.29. The Morgan fingerprint density at radius 1 is 1.67 bits per heavy atom. The minimum atomic E-state index is -0.0621. The molecule has 2 aliphatic rings. The van der Waals surface area contributed by atoms with Crippen LogP contribution in [0.3, 0.4) is 0 Å². The molecule has 64 valence electrons. The van der Waals surface area contributed by atoms with Gasteiger partial charge in [-0.25, -0.2) is 0 Å². The average Bonchev–Trinajstić information content (AvgIpc) is 2.05. The van der Waals surface area contributed by atoms with E-state index < -0.39 is 0 Å². The Hall–Kier alpha value is -1.25. The van der Waals surface area contributed by atoms with Crippen LogP contribution in [-0.4, -0.2) is 12.5 Å². The zero-order chi connectivity index (χ0) is 8.55. The van der Waals surface area contributed by atoms with Crippen LogP contribution >= 0.6 is 0 Å². The van der Waals surface area contributed by atoms with E-state index in [9.17, 15) is 4.79 Å². The van der Waals surface area contributed by atoms with E-state index in [2.05, 4.69) is 18.3 Å². The highest BCUT2D eigenvalue weighted by Gasteiger charge is 2.21. The lowest BCUT2D eigenvalue weighted by molar-refractivity contribution is -0.125. The van der Waals surface area contributed by atoms with Gasteiger partial charge in [0, 0.05) is 6.42 Å². The SMILES string of the molecule is CC1C=CC2=C(C1)OCC(=O)N2. The molecule has 1 N–H and O–H groups in total. The summed E-state index contributed by atoms with van der Waals surface area (Å²) in [4.78, 5) is 10.9. The highest BCUT2D eigenvalue weighted by Crippen LogP contribution is 2.24. The van der Waals surface area contributed by atoms with Crippen molar-refractivity contribution in [2.24, 2.45) is 5.92 Å². The largest absolute Gasteiger partial charge is 0.486 e. The van der Waals surface area contributed by atoms with Gasteiger partial charge in [-0.05, 0) is 12.0 Å². The lowest BCUT2D eigenvalue weighted by Gasteiger charge is -2.24. The average molecular weight is 165 g/mol. The fourth-order valence-electron chi connectivity index (χ4n) is 1.41. The third-order valence-corrected chi connectivity index (χ3v) is 2.05. The molecule has 0 saturated heterocycles. The number of carbonyl (C=O) groups is 1. The molecule has 0 aromatic carbocycles. The van der Waals surface area contributed by atoms with Crippen molar-refractivity contribution in [3.8, 4) is 0 Å². The van der Waals surface area contributed by atoms with Gasteiger partial charge in [0.2, 0.25) is 0 Å². The molecule has 12 heavy (non-hydrogen) atoms. The molecule has 0 aromatic heterocycles. The van der Waals surface area contributed by atoms with E-state index in [1.165, 1.54) is 0 Å². The maximum Gasteiger partial charge on any atom is 0.262 e. The second-order valence-corrected chi connectivity index (χ2v) is 3.21. The first-order valence-corrected chi connectivity index (χ1v) is 4.09. The zero-order valence-electron chi connectivity index (χ0n) is 6.96. The summed E-state index contributed by atoms with van der Waals surface area (Å²) in [6.07, 6.45) is 4.89. The van der Waals surface area contributed by atoms with Crippen molar-refractivity contribution < 1.29 is 9.53 Å². The minimum Gasteiger partial charge on any atom is -0.486 e. The molecule has 0 bridgehead atoms. The molecule has 3 nitrogen and oxygen atoms in total. The number of ether oxygens (including phenoxy) is 1. The number of hydrogen-bond acceptors (Lipinski definition) is 2. The second kappa shape index (κ2) is 2.66. The number of amides is 1. The van der Waals surface area contributed by atoms with Crippen LogP contribution in [0.5, 0.6) is 0 Å². The van der Waals surface area contributed by atoms with E-state index >= 15 is 0 Å². The maximum absolute atomic E-state index is 10.9. The van der Waals surface area contributed by atoms with Crippen molar-refractivity contribution in [3.05, 3.63) is 23.6 Å². The van der Waals surface area contributed by atoms with Gasteiger partial charge in [-0.15, -0.1) is 0 Å². The van der Waals surface area contributed by atoms with Crippen molar-refractivity contribution >= 4 is 5.91 Å². The molecule has 0 aromatic rings. The van der Waals surface area contributed by atoms with E-state index in [4.69, 9.17) is 4.74 Å². The highest BCUT2D eigenvalue weighted by molar-refractivity contribution is 5.80. The van der Waals surface area contributed by atoms with Crippen LogP contribution in [-0.2, 0) is 9.53 Å². The summed E-state index contributed by atoms with van der Waals surface area (Å²) in [7, 11) is 0. The molecule has 2 rings (SSSR count). The van der Waals surface area contributed by atoms with Gasteiger partial charge in [0.25, 0.3) is 5.91 Å². The van der Waals surface area contributed by atoms with E-state index in [-0.39, 0.29) is 12.5 Å². The summed E-state index contributed by atoms with van der Waals surface area (Å²) < 4.78 is 5.28. The molecule has 0 fully saturated rings. The van der Waals surface area contributed by atoms with Crippen LogP contribution in [0.1, 0.15) is 13.3 Å². The van der Waals surface area contributed by atoms with Crippen LogP contribution in [0.2, 0.25) is 0 Å². The molecule has 0 spiro atoms. The van der Waals surface area contributed by atoms with Gasteiger partial charge in [0.05, 0.1) is 5.70 Å². The van der Waals surface area contributed by atoms with Crippen LogP contribution in [0.4, 0.5) is 0 Å². The van der Waals surface area contributed by atoms with E-state index in [1.807, 2.05) is 6.08 Å². The molecule has 1 aliphatic heterocycles. The van der Waals surface area contributed by atoms with Crippen LogP contribution < -0.4 is 5.32 Å².